The molecule has 1 fully saturated rings. The van der Waals surface area contributed by atoms with Crippen molar-refractivity contribution in [2.75, 3.05) is 37.2 Å². The Bertz CT molecular complexity index is 973. The van der Waals surface area contributed by atoms with Gasteiger partial charge in [-0.25, -0.2) is 8.42 Å². The van der Waals surface area contributed by atoms with Gasteiger partial charge in [0.2, 0.25) is 0 Å². The van der Waals surface area contributed by atoms with Crippen molar-refractivity contribution in [1.82, 2.24) is 15.1 Å². The van der Waals surface area contributed by atoms with Gasteiger partial charge in [-0.1, -0.05) is 0 Å². The molecule has 3 rings (SSSR count). The summed E-state index contributed by atoms with van der Waals surface area (Å²) in [5, 5.41) is 16.8. The molecule has 0 spiro atoms. The molecule has 1 aliphatic heterocycles. The van der Waals surface area contributed by atoms with Crippen LogP contribution in [0.4, 0.5) is 0 Å². The molecule has 1 aromatic heterocycles. The summed E-state index contributed by atoms with van der Waals surface area (Å²) in [5.41, 5.74) is 1.69. The molecule has 0 saturated carbocycles. The van der Waals surface area contributed by atoms with Crippen LogP contribution in [0.1, 0.15) is 29.4 Å². The molecule has 0 unspecified atom stereocenters. The van der Waals surface area contributed by atoms with Crippen LogP contribution in [0.25, 0.3) is 11.3 Å². The van der Waals surface area contributed by atoms with Crippen molar-refractivity contribution in [3.05, 3.63) is 36.0 Å². The van der Waals surface area contributed by atoms with E-state index in [0.717, 1.165) is 11.3 Å². The van der Waals surface area contributed by atoms with Crippen LogP contribution >= 0.6 is 11.8 Å². The first-order valence-corrected chi connectivity index (χ1v) is 12.9. The number of nitrogens with zero attached hydrogens (tertiary/aromatic N) is 2. The monoisotopic (exact) mass is 453 g/mol. The second-order valence-corrected chi connectivity index (χ2v) is 10.5. The fraction of sp³-hybridized carbons (Fsp3) is 0.500. The number of aliphatic hydroxyl groups excluding tert-OH is 1. The van der Waals surface area contributed by atoms with Crippen molar-refractivity contribution in [3.8, 4) is 17.0 Å². The molecule has 0 radical (unpaired) electrons. The number of carbonyl (C=O) groups is 1. The van der Waals surface area contributed by atoms with Gasteiger partial charge in [-0.15, -0.1) is 0 Å². The van der Waals surface area contributed by atoms with Gasteiger partial charge >= 0.3 is 0 Å². The molecular formula is C20H27N3O5S2. The number of aliphatic hydroxyl groups is 1. The van der Waals surface area contributed by atoms with Crippen LogP contribution in [-0.4, -0.2) is 72.5 Å². The number of benzene rings is 1. The highest BCUT2D eigenvalue weighted by Gasteiger charge is 2.32. The van der Waals surface area contributed by atoms with E-state index in [1.165, 1.54) is 0 Å². The Labute approximate surface area is 180 Å². The maximum Gasteiger partial charge on any atom is 0.272 e. The van der Waals surface area contributed by atoms with E-state index in [-0.39, 0.29) is 41.8 Å². The standard InChI is InChI=1S/C20H27N3O5S2/c1-28-17-5-3-14(4-6-17)19-11-18(20(25)21-15(12-24)7-9-29-2)22-23(19)16-8-10-30(26,27)13-16/h3-6,11,15-16,24H,7-10,12-13H2,1-2H3,(H,21,25)/t15-,16-/m0/s1. The third kappa shape index (κ3) is 5.35. The van der Waals surface area contributed by atoms with Crippen LogP contribution in [0.2, 0.25) is 0 Å². The van der Waals surface area contributed by atoms with Crippen molar-refractivity contribution < 1.29 is 23.1 Å². The zero-order chi connectivity index (χ0) is 21.7. The predicted octanol–water partition coefficient (Wildman–Crippen LogP) is 1.76. The summed E-state index contributed by atoms with van der Waals surface area (Å²) < 4.78 is 30.9. The van der Waals surface area contributed by atoms with Gasteiger partial charge in [-0.3, -0.25) is 9.48 Å². The summed E-state index contributed by atoms with van der Waals surface area (Å²) in [6.07, 6.45) is 3.08. The van der Waals surface area contributed by atoms with E-state index >= 15 is 0 Å². The maximum atomic E-state index is 12.8. The number of nitrogens with one attached hydrogen (secondary N) is 1. The minimum absolute atomic E-state index is 0.00584. The lowest BCUT2D eigenvalue weighted by Gasteiger charge is -2.15. The van der Waals surface area contributed by atoms with Gasteiger partial charge in [0.05, 0.1) is 43.0 Å². The van der Waals surface area contributed by atoms with Crippen molar-refractivity contribution >= 4 is 27.5 Å². The lowest BCUT2D eigenvalue weighted by Crippen LogP contribution is -2.38. The number of carbonyl (C=O) groups excluding carboxylic acids is 1. The quantitative estimate of drug-likeness (QED) is 0.595. The highest BCUT2D eigenvalue weighted by Crippen LogP contribution is 2.31. The molecule has 1 aliphatic rings. The Morgan fingerprint density at radius 2 is 2.13 bits per heavy atom. The minimum Gasteiger partial charge on any atom is -0.497 e. The topological polar surface area (TPSA) is 111 Å². The number of methoxy groups -OCH3 is 1. The predicted molar refractivity (Wildman–Crippen MR) is 118 cm³/mol. The number of aromatic nitrogens is 2. The largest absolute Gasteiger partial charge is 0.497 e. The minimum atomic E-state index is -3.11. The number of amides is 1. The van der Waals surface area contributed by atoms with E-state index in [1.54, 1.807) is 29.6 Å². The van der Waals surface area contributed by atoms with Crippen LogP contribution in [0.15, 0.2) is 30.3 Å². The van der Waals surface area contributed by atoms with Gasteiger partial charge in [-0.2, -0.15) is 16.9 Å². The van der Waals surface area contributed by atoms with Crippen LogP contribution in [-0.2, 0) is 9.84 Å². The maximum absolute atomic E-state index is 12.8. The number of sulfone groups is 1. The molecule has 1 saturated heterocycles. The average Bonchev–Trinajstić information content (AvgIpc) is 3.34. The van der Waals surface area contributed by atoms with Crippen molar-refractivity contribution in [3.63, 3.8) is 0 Å². The average molecular weight is 454 g/mol. The van der Waals surface area contributed by atoms with E-state index in [2.05, 4.69) is 10.4 Å². The van der Waals surface area contributed by atoms with E-state index in [0.29, 0.717) is 24.3 Å². The fourth-order valence-corrected chi connectivity index (χ4v) is 5.67. The van der Waals surface area contributed by atoms with Gasteiger partial charge in [-0.05, 0) is 55.2 Å². The van der Waals surface area contributed by atoms with Crippen LogP contribution < -0.4 is 10.1 Å². The summed E-state index contributed by atoms with van der Waals surface area (Å²) in [7, 11) is -1.53. The van der Waals surface area contributed by atoms with Crippen LogP contribution in [0, 0.1) is 0 Å². The van der Waals surface area contributed by atoms with Gasteiger partial charge in [0.25, 0.3) is 5.91 Å². The Morgan fingerprint density at radius 3 is 2.70 bits per heavy atom. The lowest BCUT2D eigenvalue weighted by molar-refractivity contribution is 0.0909. The molecule has 0 aliphatic carbocycles. The molecule has 2 aromatic rings. The lowest BCUT2D eigenvalue weighted by atomic mass is 10.1. The Balaban J connectivity index is 1.92. The first-order chi connectivity index (χ1) is 14.4. The highest BCUT2D eigenvalue weighted by molar-refractivity contribution is 7.98. The molecule has 2 N–H and O–H groups in total. The Hall–Kier alpha value is -2.04. The van der Waals surface area contributed by atoms with E-state index in [1.807, 2.05) is 30.5 Å². The zero-order valence-electron chi connectivity index (χ0n) is 17.1. The number of hydrogen-bond acceptors (Lipinski definition) is 7. The fourth-order valence-electron chi connectivity index (χ4n) is 3.46. The van der Waals surface area contributed by atoms with Crippen LogP contribution in [0.5, 0.6) is 5.75 Å². The molecule has 0 bridgehead atoms. The SMILES string of the molecule is COc1ccc(-c2cc(C(=O)N[C@H](CO)CCSC)nn2[C@H]2CCS(=O)(=O)C2)cc1. The number of ether oxygens (including phenoxy) is 1. The van der Waals surface area contributed by atoms with Gasteiger partial charge < -0.3 is 15.2 Å². The second kappa shape index (κ2) is 9.84. The highest BCUT2D eigenvalue weighted by atomic mass is 32.2. The number of thioether (sulfide) groups is 1. The van der Waals surface area contributed by atoms with Crippen molar-refractivity contribution in [1.29, 1.82) is 0 Å². The van der Waals surface area contributed by atoms with E-state index in [9.17, 15) is 18.3 Å². The number of rotatable bonds is 9. The van der Waals surface area contributed by atoms with Crippen molar-refractivity contribution in [2.45, 2.75) is 24.9 Å². The normalized spacial score (nSPS) is 18.8. The first kappa shape index (κ1) is 22.6. The van der Waals surface area contributed by atoms with Gasteiger partial charge in [0.15, 0.2) is 15.5 Å². The summed E-state index contributed by atoms with van der Waals surface area (Å²) in [4.78, 5) is 12.8. The molecule has 1 aromatic carbocycles. The molecule has 30 heavy (non-hydrogen) atoms. The molecule has 164 valence electrons. The summed E-state index contributed by atoms with van der Waals surface area (Å²) >= 11 is 1.64. The molecule has 10 heteroatoms. The molecule has 2 heterocycles. The molecular weight excluding hydrogens is 426 g/mol. The van der Waals surface area contributed by atoms with Crippen LogP contribution in [0.3, 0.4) is 0 Å². The molecule has 8 nitrogen and oxygen atoms in total. The Kier molecular flexibility index (Phi) is 7.43. The first-order valence-electron chi connectivity index (χ1n) is 9.72. The summed E-state index contributed by atoms with van der Waals surface area (Å²) in [6, 6.07) is 8.32. The smallest absolute Gasteiger partial charge is 0.272 e. The molecule has 2 atom stereocenters. The van der Waals surface area contributed by atoms with Crippen molar-refractivity contribution in [2.24, 2.45) is 0 Å². The third-order valence-corrected chi connectivity index (χ3v) is 7.53. The number of hydrogen-bond donors (Lipinski definition) is 2. The zero-order valence-corrected chi connectivity index (χ0v) is 18.7. The van der Waals surface area contributed by atoms with Gasteiger partial charge in [0.1, 0.15) is 5.75 Å². The summed E-state index contributed by atoms with van der Waals surface area (Å²) in [6.45, 7) is -0.154. The second-order valence-electron chi connectivity index (χ2n) is 7.28. The van der Waals surface area contributed by atoms with E-state index in [4.69, 9.17) is 4.74 Å². The Morgan fingerprint density at radius 1 is 1.40 bits per heavy atom. The third-order valence-electron chi connectivity index (χ3n) is 5.13. The van der Waals surface area contributed by atoms with E-state index < -0.39 is 9.84 Å². The van der Waals surface area contributed by atoms with Gasteiger partial charge in [0, 0.05) is 5.56 Å². The summed E-state index contributed by atoms with van der Waals surface area (Å²) in [5.74, 6) is 1.25. The molecule has 1 amide bonds.